The average molecular weight is 401 g/mol. The molecule has 0 spiro atoms. The Kier molecular flexibility index (Phi) is 6.54. The van der Waals surface area contributed by atoms with Crippen molar-refractivity contribution in [2.75, 3.05) is 0 Å². The van der Waals surface area contributed by atoms with Crippen molar-refractivity contribution in [2.24, 2.45) is 0 Å². The predicted octanol–water partition coefficient (Wildman–Crippen LogP) is 3.15. The van der Waals surface area contributed by atoms with Crippen LogP contribution in [0.15, 0.2) is 36.0 Å². The summed E-state index contributed by atoms with van der Waals surface area (Å²) in [6, 6.07) is 7.61. The largest absolute Gasteiger partial charge is 0.478 e. The number of H-pyrrole nitrogens is 1. The summed E-state index contributed by atoms with van der Waals surface area (Å²) in [7, 11) is 0. The Morgan fingerprint density at radius 3 is 2.86 bits per heavy atom. The van der Waals surface area contributed by atoms with Crippen molar-refractivity contribution in [3.8, 4) is 0 Å². The van der Waals surface area contributed by atoms with Gasteiger partial charge in [0, 0.05) is 23.4 Å². The van der Waals surface area contributed by atoms with E-state index in [2.05, 4.69) is 32.5 Å². The van der Waals surface area contributed by atoms with Crippen LogP contribution in [0, 0.1) is 0 Å². The molecule has 146 valence electrons. The third kappa shape index (κ3) is 4.83. The van der Waals surface area contributed by atoms with Crippen LogP contribution in [0.5, 0.6) is 0 Å². The first-order valence-corrected chi connectivity index (χ1v) is 9.40. The van der Waals surface area contributed by atoms with Gasteiger partial charge in [-0.25, -0.2) is 9.78 Å². The number of nitrogens with one attached hydrogen (secondary N) is 1. The summed E-state index contributed by atoms with van der Waals surface area (Å²) in [4.78, 5) is 16.2. The number of halogens is 1. The Bertz CT molecular complexity index is 965. The number of rotatable bonds is 9. The molecule has 0 aliphatic heterocycles. The summed E-state index contributed by atoms with van der Waals surface area (Å²) >= 11 is 6.33. The molecule has 0 aliphatic carbocycles. The average Bonchev–Trinajstić information content (AvgIpc) is 3.32. The third-order valence-corrected chi connectivity index (χ3v) is 4.71. The van der Waals surface area contributed by atoms with Crippen LogP contribution >= 0.6 is 11.6 Å². The summed E-state index contributed by atoms with van der Waals surface area (Å²) in [6.07, 6.45) is 6.22. The fourth-order valence-corrected chi connectivity index (χ4v) is 3.05. The zero-order valence-corrected chi connectivity index (χ0v) is 16.2. The topological polar surface area (TPSA) is 110 Å². The number of tetrazole rings is 1. The monoisotopic (exact) mass is 400 g/mol. The fourth-order valence-electron chi connectivity index (χ4n) is 2.85. The highest BCUT2D eigenvalue weighted by Gasteiger charge is 2.16. The maximum atomic E-state index is 11.7. The van der Waals surface area contributed by atoms with E-state index >= 15 is 0 Å². The van der Waals surface area contributed by atoms with Gasteiger partial charge in [0.2, 0.25) is 0 Å². The number of carbonyl (C=O) groups is 1. The lowest BCUT2D eigenvalue weighted by molar-refractivity contribution is -0.132. The zero-order valence-electron chi connectivity index (χ0n) is 15.5. The molecule has 0 aliphatic rings. The molecular formula is C19H21ClN6O2. The quantitative estimate of drug-likeness (QED) is 0.534. The van der Waals surface area contributed by atoms with Crippen LogP contribution in [0.4, 0.5) is 0 Å². The van der Waals surface area contributed by atoms with Gasteiger partial charge in [-0.2, -0.15) is 5.21 Å². The van der Waals surface area contributed by atoms with Crippen molar-refractivity contribution < 1.29 is 9.90 Å². The van der Waals surface area contributed by atoms with E-state index in [1.54, 1.807) is 12.3 Å². The maximum absolute atomic E-state index is 11.7. The molecule has 8 nitrogen and oxygen atoms in total. The molecular weight excluding hydrogens is 380 g/mol. The van der Waals surface area contributed by atoms with E-state index in [0.717, 1.165) is 30.7 Å². The van der Waals surface area contributed by atoms with E-state index in [0.29, 0.717) is 23.1 Å². The first-order valence-electron chi connectivity index (χ1n) is 9.02. The fraction of sp³-hybridized carbons (Fsp3) is 0.316. The lowest BCUT2D eigenvalue weighted by atomic mass is 10.1. The van der Waals surface area contributed by atoms with Crippen LogP contribution < -0.4 is 0 Å². The summed E-state index contributed by atoms with van der Waals surface area (Å²) in [6.45, 7) is 2.63. The number of nitrogens with zero attached hydrogens (tertiary/aromatic N) is 5. The van der Waals surface area contributed by atoms with E-state index in [4.69, 9.17) is 11.6 Å². The number of hydrogen-bond acceptors (Lipinski definition) is 5. The van der Waals surface area contributed by atoms with Crippen LogP contribution in [0.1, 0.15) is 42.7 Å². The van der Waals surface area contributed by atoms with Gasteiger partial charge >= 0.3 is 5.97 Å². The van der Waals surface area contributed by atoms with Gasteiger partial charge in [-0.1, -0.05) is 48.4 Å². The van der Waals surface area contributed by atoms with Crippen LogP contribution in [0.25, 0.3) is 6.08 Å². The number of aromatic nitrogens is 6. The predicted molar refractivity (Wildman–Crippen MR) is 105 cm³/mol. The van der Waals surface area contributed by atoms with Gasteiger partial charge in [-0.15, -0.1) is 10.2 Å². The number of benzene rings is 1. The van der Waals surface area contributed by atoms with Crippen LogP contribution in [-0.4, -0.2) is 41.3 Å². The molecule has 0 saturated heterocycles. The standard InChI is InChI=1S/C19H21ClN6O2/c1-2-3-8-18-21-11-15(26(18)12-13-6-4-5-7-16(13)20)9-14(19(27)28)10-17-22-24-25-23-17/h4-7,9,11H,2-3,8,10,12H2,1H3,(H,27,28)(H,22,23,24,25). The molecule has 2 aromatic heterocycles. The first kappa shape index (κ1) is 19.8. The molecule has 0 fully saturated rings. The van der Waals surface area contributed by atoms with Crippen LogP contribution in [0.3, 0.4) is 0 Å². The van der Waals surface area contributed by atoms with Gasteiger partial charge in [0.15, 0.2) is 5.82 Å². The maximum Gasteiger partial charge on any atom is 0.332 e. The lowest BCUT2D eigenvalue weighted by Gasteiger charge is -2.12. The molecule has 2 N–H and O–H groups in total. The Labute approximate surface area is 167 Å². The van der Waals surface area contributed by atoms with Crippen LogP contribution in [0.2, 0.25) is 5.02 Å². The second-order valence-corrected chi connectivity index (χ2v) is 6.77. The Morgan fingerprint density at radius 2 is 2.18 bits per heavy atom. The third-order valence-electron chi connectivity index (χ3n) is 4.34. The van der Waals surface area contributed by atoms with Gasteiger partial charge in [-0.3, -0.25) is 0 Å². The summed E-state index contributed by atoms with van der Waals surface area (Å²) < 4.78 is 2.01. The molecule has 2 heterocycles. The molecule has 1 aromatic carbocycles. The normalized spacial score (nSPS) is 11.7. The summed E-state index contributed by atoms with van der Waals surface area (Å²) in [5, 5.41) is 23.7. The molecule has 0 unspecified atom stereocenters. The van der Waals surface area contributed by atoms with Crippen molar-refractivity contribution in [3.63, 3.8) is 0 Å². The number of hydrogen-bond donors (Lipinski definition) is 2. The molecule has 0 bridgehead atoms. The van der Waals surface area contributed by atoms with Crippen molar-refractivity contribution in [1.82, 2.24) is 30.2 Å². The minimum Gasteiger partial charge on any atom is -0.478 e. The minimum atomic E-state index is -1.04. The SMILES string of the molecule is CCCCc1ncc(C=C(Cc2nn[nH]n2)C(=O)O)n1Cc1ccccc1Cl. The van der Waals surface area contributed by atoms with Gasteiger partial charge in [0.25, 0.3) is 0 Å². The second kappa shape index (κ2) is 9.27. The van der Waals surface area contributed by atoms with Crippen molar-refractivity contribution in [2.45, 2.75) is 39.2 Å². The van der Waals surface area contributed by atoms with E-state index in [-0.39, 0.29) is 12.0 Å². The molecule has 0 atom stereocenters. The van der Waals surface area contributed by atoms with Gasteiger partial charge in [0.1, 0.15) is 5.82 Å². The Hall–Kier alpha value is -3.00. The smallest absolute Gasteiger partial charge is 0.332 e. The van der Waals surface area contributed by atoms with Crippen molar-refractivity contribution in [3.05, 3.63) is 64.0 Å². The lowest BCUT2D eigenvalue weighted by Crippen LogP contribution is -2.10. The van der Waals surface area contributed by atoms with Gasteiger partial charge < -0.3 is 9.67 Å². The number of aryl methyl sites for hydroxylation is 1. The van der Waals surface area contributed by atoms with E-state index < -0.39 is 5.97 Å². The summed E-state index contributed by atoms with van der Waals surface area (Å²) in [5.74, 6) is 0.180. The molecule has 28 heavy (non-hydrogen) atoms. The number of carboxylic acid groups (broad SMARTS) is 1. The Morgan fingerprint density at radius 1 is 1.36 bits per heavy atom. The van der Waals surface area contributed by atoms with E-state index in [1.807, 2.05) is 28.8 Å². The molecule has 3 aromatic rings. The number of imidazole rings is 1. The number of aliphatic carboxylic acids is 1. The summed E-state index contributed by atoms with van der Waals surface area (Å²) in [5.41, 5.74) is 1.81. The molecule has 3 rings (SSSR count). The molecule has 0 saturated carbocycles. The number of aromatic amines is 1. The van der Waals surface area contributed by atoms with Crippen molar-refractivity contribution in [1.29, 1.82) is 0 Å². The van der Waals surface area contributed by atoms with Gasteiger partial charge in [0.05, 0.1) is 18.4 Å². The highest BCUT2D eigenvalue weighted by Crippen LogP contribution is 2.21. The first-order chi connectivity index (χ1) is 13.6. The molecule has 0 amide bonds. The highest BCUT2D eigenvalue weighted by atomic mass is 35.5. The van der Waals surface area contributed by atoms with Crippen LogP contribution in [-0.2, 0) is 24.2 Å². The van der Waals surface area contributed by atoms with Gasteiger partial charge in [-0.05, 0) is 24.1 Å². The zero-order chi connectivity index (χ0) is 19.9. The second-order valence-electron chi connectivity index (χ2n) is 6.36. The van der Waals surface area contributed by atoms with Crippen molar-refractivity contribution >= 4 is 23.6 Å². The van der Waals surface area contributed by atoms with E-state index in [1.165, 1.54) is 0 Å². The number of unbranched alkanes of at least 4 members (excludes halogenated alkanes) is 1. The minimum absolute atomic E-state index is 0.0629. The Balaban J connectivity index is 1.97. The highest BCUT2D eigenvalue weighted by molar-refractivity contribution is 6.31. The number of carboxylic acids is 1. The van der Waals surface area contributed by atoms with E-state index in [9.17, 15) is 9.90 Å². The molecule has 9 heteroatoms. The molecule has 0 radical (unpaired) electrons.